The fraction of sp³-hybridized carbons (Fsp3) is 0.154. The number of carbonyl (C=O) groups excluding carboxylic acids is 1. The molecule has 5 rings (SSSR count). The minimum Gasteiger partial charge on any atom is -0.436 e. The molecule has 0 spiro atoms. The van der Waals surface area contributed by atoms with Gasteiger partial charge in [0, 0.05) is 5.69 Å². The summed E-state index contributed by atoms with van der Waals surface area (Å²) in [5.74, 6) is 0.411. The molecule has 5 aromatic rings. The van der Waals surface area contributed by atoms with Crippen LogP contribution >= 0.6 is 0 Å². The Balaban J connectivity index is 1.55. The van der Waals surface area contributed by atoms with Gasteiger partial charge in [0.25, 0.3) is 5.88 Å². The lowest BCUT2D eigenvalue weighted by atomic mass is 10.1. The van der Waals surface area contributed by atoms with Gasteiger partial charge in [0.1, 0.15) is 12.3 Å². The normalized spacial score (nSPS) is 11.1. The third kappa shape index (κ3) is 4.01. The SMILES string of the molecule is Cc1ccc(Oc2nc3ccccc3n3c(=O)n(CC(=O)Nc4ccc(C)cc4C)nc23)cc1. The van der Waals surface area contributed by atoms with E-state index in [4.69, 9.17) is 4.74 Å². The quantitative estimate of drug-likeness (QED) is 0.426. The number of fused-ring (bicyclic) bond motifs is 3. The van der Waals surface area contributed by atoms with E-state index >= 15 is 0 Å². The van der Waals surface area contributed by atoms with E-state index in [2.05, 4.69) is 15.4 Å². The Morgan fingerprint density at radius 1 is 0.971 bits per heavy atom. The highest BCUT2D eigenvalue weighted by molar-refractivity contribution is 5.91. The molecule has 8 nitrogen and oxygen atoms in total. The van der Waals surface area contributed by atoms with Crippen molar-refractivity contribution < 1.29 is 9.53 Å². The standard InChI is InChI=1S/C26H23N5O3/c1-16-8-11-19(12-9-16)34-25-24-29-30(15-23(32)27-20-13-10-17(2)14-18(20)3)26(33)31(24)22-7-5-4-6-21(22)28-25/h4-14H,15H2,1-3H3,(H,27,32). The molecular weight excluding hydrogens is 430 g/mol. The number of hydrogen-bond acceptors (Lipinski definition) is 5. The van der Waals surface area contributed by atoms with E-state index < -0.39 is 5.69 Å². The van der Waals surface area contributed by atoms with Crippen LogP contribution in [0.5, 0.6) is 11.6 Å². The molecule has 2 heterocycles. The van der Waals surface area contributed by atoms with Crippen LogP contribution in [-0.4, -0.2) is 25.1 Å². The molecule has 0 aliphatic rings. The summed E-state index contributed by atoms with van der Waals surface area (Å²) in [5, 5.41) is 7.27. The van der Waals surface area contributed by atoms with E-state index in [-0.39, 0.29) is 24.0 Å². The van der Waals surface area contributed by atoms with Gasteiger partial charge < -0.3 is 10.1 Å². The third-order valence-corrected chi connectivity index (χ3v) is 5.56. The molecule has 0 unspecified atom stereocenters. The molecule has 1 amide bonds. The maximum Gasteiger partial charge on any atom is 0.351 e. The topological polar surface area (TPSA) is 90.5 Å². The highest BCUT2D eigenvalue weighted by Crippen LogP contribution is 2.26. The Labute approximate surface area is 195 Å². The highest BCUT2D eigenvalue weighted by Gasteiger charge is 2.19. The first-order valence-corrected chi connectivity index (χ1v) is 10.9. The summed E-state index contributed by atoms with van der Waals surface area (Å²) in [7, 11) is 0. The molecule has 0 aliphatic heterocycles. The van der Waals surface area contributed by atoms with Crippen LogP contribution in [0.2, 0.25) is 0 Å². The molecule has 34 heavy (non-hydrogen) atoms. The molecule has 0 radical (unpaired) electrons. The predicted molar refractivity (Wildman–Crippen MR) is 131 cm³/mol. The summed E-state index contributed by atoms with van der Waals surface area (Å²) >= 11 is 0. The second-order valence-electron chi connectivity index (χ2n) is 8.29. The van der Waals surface area contributed by atoms with Gasteiger partial charge in [-0.05, 0) is 56.7 Å². The minimum absolute atomic E-state index is 0.188. The second-order valence-corrected chi connectivity index (χ2v) is 8.29. The van der Waals surface area contributed by atoms with E-state index in [1.165, 1.54) is 4.40 Å². The van der Waals surface area contributed by atoms with Gasteiger partial charge >= 0.3 is 5.69 Å². The van der Waals surface area contributed by atoms with E-state index in [9.17, 15) is 9.59 Å². The number of rotatable bonds is 5. The average Bonchev–Trinajstić information content (AvgIpc) is 3.14. The van der Waals surface area contributed by atoms with Gasteiger partial charge in [0.05, 0.1) is 11.0 Å². The van der Waals surface area contributed by atoms with Gasteiger partial charge in [-0.15, -0.1) is 5.10 Å². The smallest absolute Gasteiger partial charge is 0.351 e. The number of carbonyl (C=O) groups is 1. The lowest BCUT2D eigenvalue weighted by molar-refractivity contribution is -0.117. The molecular formula is C26H23N5O3. The molecule has 0 fully saturated rings. The van der Waals surface area contributed by atoms with Crippen LogP contribution in [0.1, 0.15) is 16.7 Å². The fourth-order valence-electron chi connectivity index (χ4n) is 3.84. The molecule has 3 aromatic carbocycles. The summed E-state index contributed by atoms with van der Waals surface area (Å²) in [6.45, 7) is 5.66. The van der Waals surface area contributed by atoms with Gasteiger partial charge in [-0.25, -0.2) is 18.9 Å². The van der Waals surface area contributed by atoms with E-state index in [0.29, 0.717) is 22.5 Å². The van der Waals surface area contributed by atoms with Gasteiger partial charge in [0.15, 0.2) is 0 Å². The highest BCUT2D eigenvalue weighted by atomic mass is 16.5. The van der Waals surface area contributed by atoms with Crippen LogP contribution in [0.3, 0.4) is 0 Å². The van der Waals surface area contributed by atoms with Crippen molar-refractivity contribution in [3.63, 3.8) is 0 Å². The molecule has 0 aliphatic carbocycles. The van der Waals surface area contributed by atoms with Crippen molar-refractivity contribution in [2.75, 3.05) is 5.32 Å². The van der Waals surface area contributed by atoms with Gasteiger partial charge in [-0.2, -0.15) is 0 Å². The second kappa shape index (κ2) is 8.47. The zero-order valence-electron chi connectivity index (χ0n) is 19.1. The number of benzene rings is 3. The number of aromatic nitrogens is 4. The number of nitrogens with zero attached hydrogens (tertiary/aromatic N) is 4. The molecule has 8 heteroatoms. The first-order valence-electron chi connectivity index (χ1n) is 10.9. The van der Waals surface area contributed by atoms with Crippen molar-refractivity contribution in [3.8, 4) is 11.6 Å². The molecule has 0 saturated heterocycles. The Kier molecular flexibility index (Phi) is 5.33. The molecule has 0 atom stereocenters. The largest absolute Gasteiger partial charge is 0.436 e. The predicted octanol–water partition coefficient (Wildman–Crippen LogP) is 4.40. The first kappa shape index (κ1) is 21.4. The summed E-state index contributed by atoms with van der Waals surface area (Å²) in [5.41, 5.74) is 4.80. The lowest BCUT2D eigenvalue weighted by Crippen LogP contribution is -2.28. The average molecular weight is 454 g/mol. The number of aryl methyl sites for hydroxylation is 3. The van der Waals surface area contributed by atoms with Gasteiger partial charge in [0.2, 0.25) is 11.6 Å². The van der Waals surface area contributed by atoms with Crippen molar-refractivity contribution in [1.82, 2.24) is 19.2 Å². The maximum atomic E-state index is 13.3. The molecule has 0 saturated carbocycles. The summed E-state index contributed by atoms with van der Waals surface area (Å²) < 4.78 is 8.56. The Bertz CT molecular complexity index is 1600. The summed E-state index contributed by atoms with van der Waals surface area (Å²) in [6, 6.07) is 20.5. The van der Waals surface area contributed by atoms with Crippen molar-refractivity contribution in [3.05, 3.63) is 93.9 Å². The van der Waals surface area contributed by atoms with Crippen LogP contribution in [-0.2, 0) is 11.3 Å². The van der Waals surface area contributed by atoms with Gasteiger partial charge in [-0.3, -0.25) is 4.79 Å². The van der Waals surface area contributed by atoms with E-state index in [0.717, 1.165) is 21.4 Å². The van der Waals surface area contributed by atoms with Crippen LogP contribution < -0.4 is 15.7 Å². The zero-order chi connectivity index (χ0) is 23.8. The van der Waals surface area contributed by atoms with E-state index in [1.54, 1.807) is 12.1 Å². The summed E-state index contributed by atoms with van der Waals surface area (Å²) in [6.07, 6.45) is 0. The number of nitrogens with one attached hydrogen (secondary N) is 1. The number of hydrogen-bond donors (Lipinski definition) is 1. The molecule has 2 aromatic heterocycles. The maximum absolute atomic E-state index is 13.3. The monoisotopic (exact) mass is 453 g/mol. The molecule has 0 bridgehead atoms. The van der Waals surface area contributed by atoms with Crippen molar-refractivity contribution >= 4 is 28.3 Å². The third-order valence-electron chi connectivity index (χ3n) is 5.56. The Morgan fingerprint density at radius 3 is 2.47 bits per heavy atom. The Hall–Kier alpha value is -4.46. The molecule has 170 valence electrons. The fourth-order valence-corrected chi connectivity index (χ4v) is 3.84. The van der Waals surface area contributed by atoms with Crippen LogP contribution in [0, 0.1) is 20.8 Å². The van der Waals surface area contributed by atoms with Crippen LogP contribution in [0.15, 0.2) is 71.5 Å². The van der Waals surface area contributed by atoms with E-state index in [1.807, 2.05) is 75.4 Å². The Morgan fingerprint density at radius 2 is 1.71 bits per heavy atom. The zero-order valence-corrected chi connectivity index (χ0v) is 19.1. The lowest BCUT2D eigenvalue weighted by Gasteiger charge is -2.08. The van der Waals surface area contributed by atoms with Crippen LogP contribution in [0.25, 0.3) is 16.7 Å². The first-order chi connectivity index (χ1) is 16.4. The number of anilines is 1. The summed E-state index contributed by atoms with van der Waals surface area (Å²) in [4.78, 5) is 30.6. The van der Waals surface area contributed by atoms with Crippen LogP contribution in [0.4, 0.5) is 5.69 Å². The number of para-hydroxylation sites is 2. The molecule has 1 N–H and O–H groups in total. The number of amides is 1. The number of ether oxygens (including phenoxy) is 1. The van der Waals surface area contributed by atoms with Crippen molar-refractivity contribution in [1.29, 1.82) is 0 Å². The minimum atomic E-state index is -0.446. The van der Waals surface area contributed by atoms with Crippen molar-refractivity contribution in [2.24, 2.45) is 0 Å². The van der Waals surface area contributed by atoms with Crippen molar-refractivity contribution in [2.45, 2.75) is 27.3 Å². The van der Waals surface area contributed by atoms with Gasteiger partial charge in [-0.1, -0.05) is 47.5 Å².